The number of hydrogen-bond donors (Lipinski definition) is 1. The third-order valence-corrected chi connectivity index (χ3v) is 5.14. The number of rotatable bonds is 3. The van der Waals surface area contributed by atoms with Gasteiger partial charge in [0.15, 0.2) is 0 Å². The molecule has 1 fully saturated rings. The van der Waals surface area contributed by atoms with Crippen LogP contribution in [0.3, 0.4) is 0 Å². The van der Waals surface area contributed by atoms with Gasteiger partial charge in [-0.05, 0) is 30.5 Å². The Morgan fingerprint density at radius 2 is 2.00 bits per heavy atom. The molecule has 1 aliphatic rings. The molecule has 0 radical (unpaired) electrons. The fourth-order valence-corrected chi connectivity index (χ4v) is 3.77. The van der Waals surface area contributed by atoms with Crippen molar-refractivity contribution in [2.24, 2.45) is 0 Å². The topological polar surface area (TPSA) is 53.4 Å². The SMILES string of the molecule is O=C(O)N1CCC(c2csc(Cc3ccc(Cl)cc3)n2)CC1. The second-order valence-corrected chi connectivity index (χ2v) is 6.89. The molecule has 116 valence electrons. The standard InChI is InChI=1S/C16H17ClN2O2S/c17-13-3-1-11(2-4-13)9-15-18-14(10-22-15)12-5-7-19(8-6-12)16(20)21/h1-4,10,12H,5-9H2,(H,20,21). The lowest BCUT2D eigenvalue weighted by atomic mass is 9.94. The molecule has 22 heavy (non-hydrogen) atoms. The minimum Gasteiger partial charge on any atom is -0.465 e. The van der Waals surface area contributed by atoms with Crippen LogP contribution in [-0.4, -0.2) is 34.2 Å². The number of piperidine rings is 1. The summed E-state index contributed by atoms with van der Waals surface area (Å²) in [6.07, 6.45) is 1.71. The average Bonchev–Trinajstić information content (AvgIpc) is 2.98. The van der Waals surface area contributed by atoms with E-state index in [2.05, 4.69) is 5.38 Å². The first kappa shape index (κ1) is 15.3. The Labute approximate surface area is 138 Å². The summed E-state index contributed by atoms with van der Waals surface area (Å²) in [6.45, 7) is 1.20. The van der Waals surface area contributed by atoms with Gasteiger partial charge in [0.25, 0.3) is 0 Å². The second kappa shape index (κ2) is 6.67. The van der Waals surface area contributed by atoms with Crippen LogP contribution in [0, 0.1) is 0 Å². The van der Waals surface area contributed by atoms with E-state index >= 15 is 0 Å². The minimum atomic E-state index is -0.819. The van der Waals surface area contributed by atoms with Gasteiger partial charge in [-0.15, -0.1) is 11.3 Å². The molecular formula is C16H17ClN2O2S. The summed E-state index contributed by atoms with van der Waals surface area (Å²) >= 11 is 7.57. The monoisotopic (exact) mass is 336 g/mol. The van der Waals surface area contributed by atoms with Crippen molar-refractivity contribution in [1.82, 2.24) is 9.88 Å². The van der Waals surface area contributed by atoms with Crippen molar-refractivity contribution < 1.29 is 9.90 Å². The van der Waals surface area contributed by atoms with Gasteiger partial charge in [-0.25, -0.2) is 9.78 Å². The van der Waals surface area contributed by atoms with E-state index in [9.17, 15) is 4.79 Å². The molecule has 0 spiro atoms. The molecule has 2 aromatic rings. The van der Waals surface area contributed by atoms with Crippen LogP contribution in [0.2, 0.25) is 5.02 Å². The van der Waals surface area contributed by atoms with E-state index in [1.807, 2.05) is 24.3 Å². The molecule has 2 heterocycles. The Kier molecular flexibility index (Phi) is 4.64. The molecular weight excluding hydrogens is 320 g/mol. The van der Waals surface area contributed by atoms with Crippen molar-refractivity contribution in [3.8, 4) is 0 Å². The average molecular weight is 337 g/mol. The predicted molar refractivity (Wildman–Crippen MR) is 87.9 cm³/mol. The smallest absolute Gasteiger partial charge is 0.407 e. The van der Waals surface area contributed by atoms with Gasteiger partial charge in [-0.1, -0.05) is 23.7 Å². The third-order valence-electron chi connectivity index (χ3n) is 4.02. The molecule has 0 unspecified atom stereocenters. The molecule has 1 aromatic carbocycles. The number of carbonyl (C=O) groups is 1. The summed E-state index contributed by atoms with van der Waals surface area (Å²) in [4.78, 5) is 17.2. The van der Waals surface area contributed by atoms with E-state index in [0.29, 0.717) is 19.0 Å². The molecule has 0 saturated carbocycles. The Hall–Kier alpha value is -1.59. The van der Waals surface area contributed by atoms with Crippen molar-refractivity contribution in [3.63, 3.8) is 0 Å². The maximum atomic E-state index is 10.9. The zero-order valence-electron chi connectivity index (χ0n) is 12.0. The molecule has 0 atom stereocenters. The number of likely N-dealkylation sites (tertiary alicyclic amines) is 1. The lowest BCUT2D eigenvalue weighted by Crippen LogP contribution is -2.36. The number of nitrogens with zero attached hydrogens (tertiary/aromatic N) is 2. The summed E-state index contributed by atoms with van der Waals surface area (Å²) in [5, 5.41) is 12.9. The van der Waals surface area contributed by atoms with Crippen molar-refractivity contribution >= 4 is 29.0 Å². The highest BCUT2D eigenvalue weighted by atomic mass is 35.5. The summed E-state index contributed by atoms with van der Waals surface area (Å²) in [7, 11) is 0. The van der Waals surface area contributed by atoms with E-state index in [1.54, 1.807) is 11.3 Å². The molecule has 1 saturated heterocycles. The van der Waals surface area contributed by atoms with Crippen LogP contribution in [0.4, 0.5) is 4.79 Å². The Morgan fingerprint density at radius 3 is 2.64 bits per heavy atom. The van der Waals surface area contributed by atoms with Gasteiger partial charge in [0.2, 0.25) is 0 Å². The molecule has 1 N–H and O–H groups in total. The molecule has 1 aliphatic heterocycles. The van der Waals surface area contributed by atoms with Crippen LogP contribution >= 0.6 is 22.9 Å². The van der Waals surface area contributed by atoms with E-state index in [0.717, 1.165) is 35.0 Å². The minimum absolute atomic E-state index is 0.380. The number of hydrogen-bond acceptors (Lipinski definition) is 3. The molecule has 1 amide bonds. The van der Waals surface area contributed by atoms with Crippen molar-refractivity contribution in [1.29, 1.82) is 0 Å². The molecule has 4 nitrogen and oxygen atoms in total. The van der Waals surface area contributed by atoms with Crippen molar-refractivity contribution in [2.45, 2.75) is 25.2 Å². The Bertz CT molecular complexity index is 648. The van der Waals surface area contributed by atoms with E-state index in [-0.39, 0.29) is 0 Å². The number of thiazole rings is 1. The van der Waals surface area contributed by atoms with Gasteiger partial charge in [0.1, 0.15) is 0 Å². The Morgan fingerprint density at radius 1 is 1.32 bits per heavy atom. The first-order valence-electron chi connectivity index (χ1n) is 7.28. The highest BCUT2D eigenvalue weighted by Gasteiger charge is 2.24. The van der Waals surface area contributed by atoms with E-state index in [4.69, 9.17) is 21.7 Å². The largest absolute Gasteiger partial charge is 0.465 e. The number of halogens is 1. The maximum Gasteiger partial charge on any atom is 0.407 e. The van der Waals surface area contributed by atoms with Gasteiger partial charge in [0.05, 0.1) is 10.7 Å². The van der Waals surface area contributed by atoms with Crippen LogP contribution < -0.4 is 0 Å². The van der Waals surface area contributed by atoms with Crippen LogP contribution in [-0.2, 0) is 6.42 Å². The third kappa shape index (κ3) is 3.59. The first-order chi connectivity index (χ1) is 10.6. The van der Waals surface area contributed by atoms with Gasteiger partial charge >= 0.3 is 6.09 Å². The predicted octanol–water partition coefficient (Wildman–Crippen LogP) is 4.24. The van der Waals surface area contributed by atoms with Crippen LogP contribution in [0.1, 0.15) is 35.0 Å². The van der Waals surface area contributed by atoms with Gasteiger partial charge in [-0.3, -0.25) is 0 Å². The zero-order valence-corrected chi connectivity index (χ0v) is 13.6. The van der Waals surface area contributed by atoms with Crippen molar-refractivity contribution in [3.05, 3.63) is 50.9 Å². The fraction of sp³-hybridized carbons (Fsp3) is 0.375. The van der Waals surface area contributed by atoms with Crippen LogP contribution in [0.5, 0.6) is 0 Å². The first-order valence-corrected chi connectivity index (χ1v) is 8.54. The summed E-state index contributed by atoms with van der Waals surface area (Å²) < 4.78 is 0. The Balaban J connectivity index is 1.62. The molecule has 6 heteroatoms. The van der Waals surface area contributed by atoms with Crippen LogP contribution in [0.25, 0.3) is 0 Å². The van der Waals surface area contributed by atoms with Crippen molar-refractivity contribution in [2.75, 3.05) is 13.1 Å². The zero-order chi connectivity index (χ0) is 15.5. The molecule has 0 aliphatic carbocycles. The van der Waals surface area contributed by atoms with Crippen LogP contribution in [0.15, 0.2) is 29.6 Å². The number of amides is 1. The van der Waals surface area contributed by atoms with Gasteiger partial charge < -0.3 is 10.0 Å². The normalized spacial score (nSPS) is 16.0. The maximum absolute atomic E-state index is 10.9. The fourth-order valence-electron chi connectivity index (χ4n) is 2.74. The number of carboxylic acid groups (broad SMARTS) is 1. The summed E-state index contributed by atoms with van der Waals surface area (Å²) in [5.41, 5.74) is 2.31. The quantitative estimate of drug-likeness (QED) is 0.911. The van der Waals surface area contributed by atoms with Gasteiger partial charge in [-0.2, -0.15) is 0 Å². The molecule has 3 rings (SSSR count). The van der Waals surface area contributed by atoms with Gasteiger partial charge in [0, 0.05) is 35.8 Å². The lowest BCUT2D eigenvalue weighted by Gasteiger charge is -2.29. The second-order valence-electron chi connectivity index (χ2n) is 5.51. The number of aromatic nitrogens is 1. The molecule has 0 bridgehead atoms. The van der Waals surface area contributed by atoms with E-state index in [1.165, 1.54) is 10.5 Å². The number of benzene rings is 1. The highest BCUT2D eigenvalue weighted by Crippen LogP contribution is 2.29. The lowest BCUT2D eigenvalue weighted by molar-refractivity contribution is 0.132. The summed E-state index contributed by atoms with van der Waals surface area (Å²) in [6, 6.07) is 7.84. The highest BCUT2D eigenvalue weighted by molar-refractivity contribution is 7.09. The van der Waals surface area contributed by atoms with E-state index < -0.39 is 6.09 Å². The molecule has 1 aromatic heterocycles. The summed E-state index contributed by atoms with van der Waals surface area (Å²) in [5.74, 6) is 0.380.